The number of hydrogen-bond acceptors (Lipinski definition) is 4. The lowest BCUT2D eigenvalue weighted by atomic mass is 10.2. The molecule has 1 aromatic heterocycles. The third kappa shape index (κ3) is 5.09. The fourth-order valence-corrected chi connectivity index (χ4v) is 2.78. The van der Waals surface area contributed by atoms with Crippen LogP contribution in [0.4, 0.5) is 19.0 Å². The van der Waals surface area contributed by atoms with Gasteiger partial charge in [-0.3, -0.25) is 9.69 Å². The zero-order valence-corrected chi connectivity index (χ0v) is 13.9. The highest BCUT2D eigenvalue weighted by atomic mass is 19.4. The van der Waals surface area contributed by atoms with Crippen molar-refractivity contribution in [1.82, 2.24) is 15.2 Å². The minimum Gasteiger partial charge on any atom is -0.355 e. The number of pyridine rings is 1. The maximum atomic E-state index is 13.1. The van der Waals surface area contributed by atoms with E-state index in [0.717, 1.165) is 6.07 Å². The van der Waals surface area contributed by atoms with Crippen molar-refractivity contribution in [3.05, 3.63) is 23.9 Å². The van der Waals surface area contributed by atoms with Crippen LogP contribution in [0.2, 0.25) is 0 Å². The number of nitrogens with zero attached hydrogens (tertiary/aromatic N) is 3. The van der Waals surface area contributed by atoms with Crippen molar-refractivity contribution < 1.29 is 18.0 Å². The van der Waals surface area contributed by atoms with Gasteiger partial charge in [0.2, 0.25) is 5.91 Å². The molecule has 0 atom stereocenters. The van der Waals surface area contributed by atoms with Crippen molar-refractivity contribution in [2.24, 2.45) is 0 Å². The number of aromatic nitrogens is 1. The molecule has 0 saturated carbocycles. The quantitative estimate of drug-likeness (QED) is 0.909. The molecule has 1 aliphatic rings. The van der Waals surface area contributed by atoms with E-state index < -0.39 is 11.7 Å². The maximum absolute atomic E-state index is 13.1. The number of anilines is 1. The molecule has 2 heterocycles. The van der Waals surface area contributed by atoms with Gasteiger partial charge < -0.3 is 10.2 Å². The third-order valence-corrected chi connectivity index (χ3v) is 3.80. The van der Waals surface area contributed by atoms with Gasteiger partial charge in [-0.1, -0.05) is 0 Å². The molecule has 5 nitrogen and oxygen atoms in total. The van der Waals surface area contributed by atoms with E-state index in [1.807, 2.05) is 18.7 Å². The second kappa shape index (κ2) is 7.83. The van der Waals surface area contributed by atoms with Crippen LogP contribution in [0.1, 0.15) is 25.8 Å². The van der Waals surface area contributed by atoms with Crippen LogP contribution < -0.4 is 10.2 Å². The minimum atomic E-state index is -4.42. The van der Waals surface area contributed by atoms with E-state index in [1.54, 1.807) is 4.90 Å². The minimum absolute atomic E-state index is 0.0292. The Balaban J connectivity index is 2.03. The van der Waals surface area contributed by atoms with Gasteiger partial charge in [0.1, 0.15) is 5.82 Å². The van der Waals surface area contributed by atoms with Crippen molar-refractivity contribution in [2.75, 3.05) is 37.6 Å². The molecule has 1 aliphatic heterocycles. The first-order chi connectivity index (χ1) is 11.3. The first kappa shape index (κ1) is 18.5. The van der Waals surface area contributed by atoms with Crippen LogP contribution >= 0.6 is 0 Å². The van der Waals surface area contributed by atoms with Gasteiger partial charge in [-0.25, -0.2) is 4.98 Å². The Labute approximate surface area is 139 Å². The summed E-state index contributed by atoms with van der Waals surface area (Å²) in [6.07, 6.45) is -2.36. The lowest BCUT2D eigenvalue weighted by Crippen LogP contribution is -2.41. The fourth-order valence-electron chi connectivity index (χ4n) is 2.78. The van der Waals surface area contributed by atoms with E-state index in [4.69, 9.17) is 0 Å². The Morgan fingerprint density at radius 1 is 1.29 bits per heavy atom. The first-order valence-electron chi connectivity index (χ1n) is 8.06. The van der Waals surface area contributed by atoms with Crippen molar-refractivity contribution in [2.45, 2.75) is 32.5 Å². The van der Waals surface area contributed by atoms with E-state index in [9.17, 15) is 18.0 Å². The van der Waals surface area contributed by atoms with Gasteiger partial charge in [0.15, 0.2) is 0 Å². The Bertz CT molecular complexity index is 562. The van der Waals surface area contributed by atoms with Gasteiger partial charge >= 0.3 is 6.18 Å². The SMILES string of the molecule is CC(C)NC(=O)CN1CCCN(c2ncccc2C(F)(F)F)CC1. The molecule has 24 heavy (non-hydrogen) atoms. The van der Waals surface area contributed by atoms with Crippen molar-refractivity contribution >= 4 is 11.7 Å². The predicted molar refractivity (Wildman–Crippen MR) is 85.8 cm³/mol. The van der Waals surface area contributed by atoms with E-state index in [-0.39, 0.29) is 24.3 Å². The normalized spacial score (nSPS) is 17.0. The van der Waals surface area contributed by atoms with E-state index in [1.165, 1.54) is 12.3 Å². The van der Waals surface area contributed by atoms with Gasteiger partial charge in [0.05, 0.1) is 12.1 Å². The average Bonchev–Trinajstić information content (AvgIpc) is 2.71. The zero-order chi connectivity index (χ0) is 17.7. The highest BCUT2D eigenvalue weighted by Gasteiger charge is 2.35. The Morgan fingerprint density at radius 3 is 2.71 bits per heavy atom. The summed E-state index contributed by atoms with van der Waals surface area (Å²) >= 11 is 0. The van der Waals surface area contributed by atoms with Gasteiger partial charge in [0.25, 0.3) is 0 Å². The summed E-state index contributed by atoms with van der Waals surface area (Å²) in [5.74, 6) is -0.0919. The lowest BCUT2D eigenvalue weighted by molar-refractivity contribution is -0.137. The summed E-state index contributed by atoms with van der Waals surface area (Å²) < 4.78 is 39.4. The smallest absolute Gasteiger partial charge is 0.355 e. The van der Waals surface area contributed by atoms with Gasteiger partial charge in [-0.05, 0) is 32.4 Å². The van der Waals surface area contributed by atoms with E-state index in [2.05, 4.69) is 10.3 Å². The molecule has 1 saturated heterocycles. The summed E-state index contributed by atoms with van der Waals surface area (Å²) in [6.45, 7) is 6.15. The van der Waals surface area contributed by atoms with Crippen LogP contribution in [-0.4, -0.2) is 54.6 Å². The summed E-state index contributed by atoms with van der Waals surface area (Å²) in [5.41, 5.74) is -0.712. The van der Waals surface area contributed by atoms with Crippen molar-refractivity contribution in [1.29, 1.82) is 0 Å². The second-order valence-electron chi connectivity index (χ2n) is 6.21. The highest BCUT2D eigenvalue weighted by Crippen LogP contribution is 2.35. The molecule has 1 N–H and O–H groups in total. The number of hydrogen-bond donors (Lipinski definition) is 1. The molecule has 0 unspecified atom stereocenters. The average molecular weight is 344 g/mol. The van der Waals surface area contributed by atoms with Crippen molar-refractivity contribution in [3.63, 3.8) is 0 Å². The van der Waals surface area contributed by atoms with Gasteiger partial charge in [-0.15, -0.1) is 0 Å². The predicted octanol–water partition coefficient (Wildman–Crippen LogP) is 2.14. The zero-order valence-electron chi connectivity index (χ0n) is 13.9. The Hall–Kier alpha value is -1.83. The molecular formula is C16H23F3N4O. The number of carbonyl (C=O) groups excluding carboxylic acids is 1. The Kier molecular flexibility index (Phi) is 6.04. The topological polar surface area (TPSA) is 48.5 Å². The summed E-state index contributed by atoms with van der Waals surface area (Å²) in [6, 6.07) is 2.43. The second-order valence-corrected chi connectivity index (χ2v) is 6.21. The van der Waals surface area contributed by atoms with Crippen molar-refractivity contribution in [3.8, 4) is 0 Å². The summed E-state index contributed by atoms with van der Waals surface area (Å²) in [4.78, 5) is 19.4. The van der Waals surface area contributed by atoms with Gasteiger partial charge in [-0.2, -0.15) is 13.2 Å². The molecule has 0 radical (unpaired) electrons. The molecule has 0 spiro atoms. The fraction of sp³-hybridized carbons (Fsp3) is 0.625. The largest absolute Gasteiger partial charge is 0.419 e. The number of halogens is 3. The van der Waals surface area contributed by atoms with Crippen LogP contribution in [0.15, 0.2) is 18.3 Å². The number of carbonyl (C=O) groups is 1. The standard InChI is InChI=1S/C16H23F3N4O/c1-12(2)21-14(24)11-22-7-4-8-23(10-9-22)15-13(16(17,18)19)5-3-6-20-15/h3,5-6,12H,4,7-11H2,1-2H3,(H,21,24). The maximum Gasteiger partial charge on any atom is 0.419 e. The highest BCUT2D eigenvalue weighted by molar-refractivity contribution is 5.78. The van der Waals surface area contributed by atoms with E-state index in [0.29, 0.717) is 32.6 Å². The molecular weight excluding hydrogens is 321 g/mol. The first-order valence-corrected chi connectivity index (χ1v) is 8.06. The molecule has 2 rings (SSSR count). The molecule has 1 amide bonds. The molecule has 1 fully saturated rings. The molecule has 0 aliphatic carbocycles. The molecule has 0 aromatic carbocycles. The molecule has 8 heteroatoms. The number of amides is 1. The van der Waals surface area contributed by atoms with Gasteiger partial charge in [0, 0.05) is 38.4 Å². The van der Waals surface area contributed by atoms with Crippen LogP contribution in [0.5, 0.6) is 0 Å². The summed E-state index contributed by atoms with van der Waals surface area (Å²) in [5, 5.41) is 2.83. The summed E-state index contributed by atoms with van der Waals surface area (Å²) in [7, 11) is 0. The number of nitrogens with one attached hydrogen (secondary N) is 1. The lowest BCUT2D eigenvalue weighted by Gasteiger charge is -2.25. The Morgan fingerprint density at radius 2 is 2.04 bits per heavy atom. The monoisotopic (exact) mass is 344 g/mol. The van der Waals surface area contributed by atoms with E-state index >= 15 is 0 Å². The van der Waals surface area contributed by atoms with Crippen LogP contribution in [0, 0.1) is 0 Å². The third-order valence-electron chi connectivity index (χ3n) is 3.80. The number of alkyl halides is 3. The molecule has 1 aromatic rings. The van der Waals surface area contributed by atoms with Crippen LogP contribution in [0.25, 0.3) is 0 Å². The van der Waals surface area contributed by atoms with Crippen LogP contribution in [0.3, 0.4) is 0 Å². The number of rotatable bonds is 4. The molecule has 134 valence electrons. The van der Waals surface area contributed by atoms with Crippen LogP contribution in [-0.2, 0) is 11.0 Å². The molecule has 0 bridgehead atoms.